The van der Waals surface area contributed by atoms with Gasteiger partial charge in [-0.1, -0.05) is 30.3 Å². The molecule has 0 aliphatic heterocycles. The zero-order valence-corrected chi connectivity index (χ0v) is 14.5. The number of carbonyl (C=O) groups is 2. The van der Waals surface area contributed by atoms with Crippen LogP contribution >= 0.6 is 0 Å². The van der Waals surface area contributed by atoms with Gasteiger partial charge in [0.1, 0.15) is 0 Å². The van der Waals surface area contributed by atoms with Crippen molar-refractivity contribution in [3.63, 3.8) is 0 Å². The molecule has 1 unspecified atom stereocenters. The average Bonchev–Trinajstić information content (AvgIpc) is 3.46. The summed E-state index contributed by atoms with van der Waals surface area (Å²) in [5, 5.41) is 5.91. The number of rotatable bonds is 7. The first kappa shape index (κ1) is 17.2. The lowest BCUT2D eigenvalue weighted by Gasteiger charge is -2.14. The van der Waals surface area contributed by atoms with Gasteiger partial charge in [-0.05, 0) is 62.4 Å². The Morgan fingerprint density at radius 2 is 1.72 bits per heavy atom. The summed E-state index contributed by atoms with van der Waals surface area (Å²) in [5.41, 5.74) is 2.63. The van der Waals surface area contributed by atoms with Crippen LogP contribution < -0.4 is 10.6 Å². The summed E-state index contributed by atoms with van der Waals surface area (Å²) in [5.74, 6) is 0.167. The normalized spacial score (nSPS) is 14.6. The summed E-state index contributed by atoms with van der Waals surface area (Å²) in [7, 11) is 0. The fourth-order valence-electron chi connectivity index (χ4n) is 2.70. The Balaban J connectivity index is 1.47. The van der Waals surface area contributed by atoms with E-state index in [1.807, 2.05) is 25.1 Å². The Kier molecular flexibility index (Phi) is 5.49. The fourth-order valence-corrected chi connectivity index (χ4v) is 2.70. The number of carbonyl (C=O) groups excluding carboxylic acids is 2. The van der Waals surface area contributed by atoms with Crippen LogP contribution in [0.1, 0.15) is 42.1 Å². The lowest BCUT2D eigenvalue weighted by Crippen LogP contribution is -2.32. The zero-order chi connectivity index (χ0) is 17.6. The van der Waals surface area contributed by atoms with E-state index in [1.165, 1.54) is 5.56 Å². The molecule has 0 bridgehead atoms. The molecule has 2 amide bonds. The molecule has 130 valence electrons. The van der Waals surface area contributed by atoms with Crippen LogP contribution in [-0.4, -0.2) is 17.9 Å². The SMILES string of the molecule is CC(CCc1ccccc1)NC(=O)c1ccc(NC(=O)C2CC2)cc1. The molecule has 1 atom stereocenters. The van der Waals surface area contributed by atoms with Crippen LogP contribution in [0.3, 0.4) is 0 Å². The maximum atomic E-state index is 12.3. The van der Waals surface area contributed by atoms with E-state index in [-0.39, 0.29) is 23.8 Å². The van der Waals surface area contributed by atoms with Gasteiger partial charge in [0.2, 0.25) is 5.91 Å². The van der Waals surface area contributed by atoms with Gasteiger partial charge in [-0.25, -0.2) is 0 Å². The first-order chi connectivity index (χ1) is 12.1. The highest BCUT2D eigenvalue weighted by atomic mass is 16.2. The molecule has 1 aliphatic carbocycles. The van der Waals surface area contributed by atoms with Crippen LogP contribution in [0.15, 0.2) is 54.6 Å². The highest BCUT2D eigenvalue weighted by Gasteiger charge is 2.29. The topological polar surface area (TPSA) is 58.2 Å². The van der Waals surface area contributed by atoms with E-state index in [0.717, 1.165) is 31.4 Å². The van der Waals surface area contributed by atoms with Crippen LogP contribution in [0.4, 0.5) is 5.69 Å². The molecule has 2 aromatic rings. The molecule has 3 rings (SSSR count). The van der Waals surface area contributed by atoms with Crippen LogP contribution in [0.5, 0.6) is 0 Å². The Bertz CT molecular complexity index is 721. The Hall–Kier alpha value is -2.62. The molecular weight excluding hydrogens is 312 g/mol. The van der Waals surface area contributed by atoms with Crippen LogP contribution in [-0.2, 0) is 11.2 Å². The van der Waals surface area contributed by atoms with Crippen molar-refractivity contribution >= 4 is 17.5 Å². The molecule has 1 fully saturated rings. The third-order valence-electron chi connectivity index (χ3n) is 4.45. The van der Waals surface area contributed by atoms with Gasteiger partial charge in [0.15, 0.2) is 0 Å². The molecule has 0 heterocycles. The van der Waals surface area contributed by atoms with E-state index in [2.05, 4.69) is 22.8 Å². The van der Waals surface area contributed by atoms with Gasteiger partial charge in [-0.15, -0.1) is 0 Å². The summed E-state index contributed by atoms with van der Waals surface area (Å²) >= 11 is 0. The number of anilines is 1. The molecule has 1 saturated carbocycles. The van der Waals surface area contributed by atoms with Crippen molar-refractivity contribution in [2.24, 2.45) is 5.92 Å². The molecule has 0 saturated heterocycles. The second-order valence-electron chi connectivity index (χ2n) is 6.74. The van der Waals surface area contributed by atoms with E-state index < -0.39 is 0 Å². The Labute approximate surface area is 148 Å². The van der Waals surface area contributed by atoms with Gasteiger partial charge in [-0.2, -0.15) is 0 Å². The number of nitrogens with one attached hydrogen (secondary N) is 2. The van der Waals surface area contributed by atoms with Gasteiger partial charge in [-0.3, -0.25) is 9.59 Å². The summed E-state index contributed by atoms with van der Waals surface area (Å²) in [6.07, 6.45) is 3.79. The second kappa shape index (κ2) is 7.97. The maximum absolute atomic E-state index is 12.3. The molecule has 0 radical (unpaired) electrons. The third-order valence-corrected chi connectivity index (χ3v) is 4.45. The molecule has 2 N–H and O–H groups in total. The largest absolute Gasteiger partial charge is 0.350 e. The summed E-state index contributed by atoms with van der Waals surface area (Å²) in [4.78, 5) is 24.1. The number of hydrogen-bond donors (Lipinski definition) is 2. The zero-order valence-electron chi connectivity index (χ0n) is 14.5. The van der Waals surface area contributed by atoms with Crippen molar-refractivity contribution in [1.82, 2.24) is 5.32 Å². The Morgan fingerprint density at radius 1 is 1.04 bits per heavy atom. The summed E-state index contributed by atoms with van der Waals surface area (Å²) < 4.78 is 0. The van der Waals surface area contributed by atoms with Crippen molar-refractivity contribution in [1.29, 1.82) is 0 Å². The smallest absolute Gasteiger partial charge is 0.251 e. The van der Waals surface area contributed by atoms with E-state index >= 15 is 0 Å². The average molecular weight is 336 g/mol. The first-order valence-electron chi connectivity index (χ1n) is 8.87. The van der Waals surface area contributed by atoms with Crippen LogP contribution in [0.2, 0.25) is 0 Å². The summed E-state index contributed by atoms with van der Waals surface area (Å²) in [6, 6.07) is 17.4. The quantitative estimate of drug-likeness (QED) is 0.808. The standard InChI is InChI=1S/C21H24N2O2/c1-15(7-8-16-5-3-2-4-6-16)22-20(24)18-11-13-19(14-12-18)23-21(25)17-9-10-17/h2-6,11-15,17H,7-10H2,1H3,(H,22,24)(H,23,25). The van der Waals surface area contributed by atoms with Gasteiger partial charge >= 0.3 is 0 Å². The van der Waals surface area contributed by atoms with E-state index in [1.54, 1.807) is 24.3 Å². The van der Waals surface area contributed by atoms with Crippen LogP contribution in [0.25, 0.3) is 0 Å². The second-order valence-corrected chi connectivity index (χ2v) is 6.74. The predicted octanol–water partition coefficient (Wildman–Crippen LogP) is 3.79. The number of aryl methyl sites for hydroxylation is 1. The van der Waals surface area contributed by atoms with Gasteiger partial charge in [0.25, 0.3) is 5.91 Å². The molecule has 0 aromatic heterocycles. The monoisotopic (exact) mass is 336 g/mol. The number of amides is 2. The number of hydrogen-bond acceptors (Lipinski definition) is 2. The van der Waals surface area contributed by atoms with Crippen LogP contribution in [0, 0.1) is 5.92 Å². The minimum Gasteiger partial charge on any atom is -0.350 e. The molecule has 4 nitrogen and oxygen atoms in total. The molecule has 1 aliphatic rings. The van der Waals surface area contributed by atoms with Gasteiger partial charge in [0.05, 0.1) is 0 Å². The fraction of sp³-hybridized carbons (Fsp3) is 0.333. The van der Waals surface area contributed by atoms with Crippen molar-refractivity contribution in [2.75, 3.05) is 5.32 Å². The van der Waals surface area contributed by atoms with Crippen molar-refractivity contribution < 1.29 is 9.59 Å². The van der Waals surface area contributed by atoms with Gasteiger partial charge < -0.3 is 10.6 Å². The lowest BCUT2D eigenvalue weighted by molar-refractivity contribution is -0.117. The highest BCUT2D eigenvalue weighted by Crippen LogP contribution is 2.30. The molecule has 0 spiro atoms. The van der Waals surface area contributed by atoms with Crippen molar-refractivity contribution in [2.45, 2.75) is 38.6 Å². The molecule has 4 heteroatoms. The third kappa shape index (κ3) is 5.18. The van der Waals surface area contributed by atoms with Gasteiger partial charge in [0, 0.05) is 23.2 Å². The van der Waals surface area contributed by atoms with E-state index in [0.29, 0.717) is 5.56 Å². The minimum atomic E-state index is -0.0827. The summed E-state index contributed by atoms with van der Waals surface area (Å²) in [6.45, 7) is 2.02. The first-order valence-corrected chi connectivity index (χ1v) is 8.87. The lowest BCUT2D eigenvalue weighted by atomic mass is 10.1. The minimum absolute atomic E-state index is 0.0757. The van der Waals surface area contributed by atoms with Crippen molar-refractivity contribution in [3.8, 4) is 0 Å². The Morgan fingerprint density at radius 3 is 2.36 bits per heavy atom. The molecule has 25 heavy (non-hydrogen) atoms. The van der Waals surface area contributed by atoms with Crippen molar-refractivity contribution in [3.05, 3.63) is 65.7 Å². The number of benzene rings is 2. The van der Waals surface area contributed by atoms with E-state index in [4.69, 9.17) is 0 Å². The molecular formula is C21H24N2O2. The maximum Gasteiger partial charge on any atom is 0.251 e. The highest BCUT2D eigenvalue weighted by molar-refractivity contribution is 5.96. The predicted molar refractivity (Wildman–Crippen MR) is 99.5 cm³/mol. The molecule has 2 aromatic carbocycles. The van der Waals surface area contributed by atoms with E-state index in [9.17, 15) is 9.59 Å².